The lowest BCUT2D eigenvalue weighted by Crippen LogP contribution is -2.43. The van der Waals surface area contributed by atoms with Gasteiger partial charge in [-0.05, 0) is 55.5 Å². The van der Waals surface area contributed by atoms with Crippen molar-refractivity contribution in [2.24, 2.45) is 0 Å². The lowest BCUT2D eigenvalue weighted by atomic mass is 10.1. The molecule has 0 fully saturated rings. The monoisotopic (exact) mass is 485 g/mol. The van der Waals surface area contributed by atoms with Crippen LogP contribution in [0.2, 0.25) is 0 Å². The Hall–Kier alpha value is -3.04. The maximum Gasteiger partial charge on any atom is 0.252 e. The summed E-state index contributed by atoms with van der Waals surface area (Å²) < 4.78 is 5.18. The quantitative estimate of drug-likeness (QED) is 0.346. The number of carbonyl (C=O) groups excluding carboxylic acids is 3. The van der Waals surface area contributed by atoms with E-state index in [9.17, 15) is 14.4 Å². The van der Waals surface area contributed by atoms with Gasteiger partial charge >= 0.3 is 0 Å². The molecular weight excluding hydrogens is 458 g/mol. The number of thiazole rings is 1. The molecule has 9 heteroatoms. The van der Waals surface area contributed by atoms with Gasteiger partial charge in [0.05, 0.1) is 18.4 Å². The fourth-order valence-electron chi connectivity index (χ4n) is 3.22. The SMILES string of the molecule is COc1ccc(-c2csc(NC(=O)[C@H](CCCCCC(C)=O)NC(=O)c3ccsc3)n2)cc1. The Labute approximate surface area is 201 Å². The van der Waals surface area contributed by atoms with Crippen molar-refractivity contribution in [1.82, 2.24) is 10.3 Å². The highest BCUT2D eigenvalue weighted by atomic mass is 32.1. The van der Waals surface area contributed by atoms with E-state index in [2.05, 4.69) is 15.6 Å². The summed E-state index contributed by atoms with van der Waals surface area (Å²) in [5.74, 6) is 0.334. The smallest absolute Gasteiger partial charge is 0.252 e. The fraction of sp³-hybridized carbons (Fsp3) is 0.333. The maximum absolute atomic E-state index is 13.0. The van der Waals surface area contributed by atoms with Crippen molar-refractivity contribution >= 4 is 45.4 Å². The number of ketones is 1. The summed E-state index contributed by atoms with van der Waals surface area (Å²) in [4.78, 5) is 41.2. The largest absolute Gasteiger partial charge is 0.497 e. The molecule has 0 spiro atoms. The summed E-state index contributed by atoms with van der Waals surface area (Å²) >= 11 is 2.76. The number of unbranched alkanes of at least 4 members (excludes halogenated alkanes) is 2. The third-order valence-corrected chi connectivity index (χ3v) is 6.49. The zero-order valence-corrected chi connectivity index (χ0v) is 20.3. The van der Waals surface area contributed by atoms with E-state index in [1.165, 1.54) is 22.7 Å². The van der Waals surface area contributed by atoms with E-state index in [4.69, 9.17) is 4.74 Å². The van der Waals surface area contributed by atoms with E-state index in [0.29, 0.717) is 23.5 Å². The van der Waals surface area contributed by atoms with Crippen molar-refractivity contribution in [1.29, 1.82) is 0 Å². The van der Waals surface area contributed by atoms with Crippen molar-refractivity contribution < 1.29 is 19.1 Å². The standard InChI is InChI=1S/C24H27N3O4S2/c1-16(28)6-4-3-5-7-20(25-22(29)18-12-13-32-14-18)23(30)27-24-26-21(15-33-24)17-8-10-19(31-2)11-9-17/h8-15,20H,3-7H2,1-2H3,(H,25,29)(H,26,27,30)/t20-/m0/s1. The van der Waals surface area contributed by atoms with Crippen molar-refractivity contribution in [2.45, 2.75) is 45.1 Å². The van der Waals surface area contributed by atoms with Gasteiger partial charge in [0.1, 0.15) is 17.6 Å². The first-order chi connectivity index (χ1) is 16.0. The summed E-state index contributed by atoms with van der Waals surface area (Å²) in [5.41, 5.74) is 2.20. The Morgan fingerprint density at radius 1 is 1.06 bits per heavy atom. The molecule has 0 aliphatic carbocycles. The molecule has 2 amide bonds. The minimum Gasteiger partial charge on any atom is -0.497 e. The Kier molecular flexibility index (Phi) is 9.14. The van der Waals surface area contributed by atoms with Gasteiger partial charge in [-0.1, -0.05) is 12.8 Å². The molecular formula is C24H27N3O4S2. The molecule has 0 radical (unpaired) electrons. The van der Waals surface area contributed by atoms with Crippen molar-refractivity contribution in [3.63, 3.8) is 0 Å². The van der Waals surface area contributed by atoms with Crippen LogP contribution < -0.4 is 15.4 Å². The molecule has 33 heavy (non-hydrogen) atoms. The Morgan fingerprint density at radius 3 is 2.52 bits per heavy atom. The average Bonchev–Trinajstić information content (AvgIpc) is 3.50. The first kappa shape index (κ1) is 24.6. The number of Topliss-reactive ketones (excluding diaryl/α,β-unsaturated/α-hetero) is 1. The van der Waals surface area contributed by atoms with Crippen LogP contribution in [0.25, 0.3) is 11.3 Å². The molecule has 0 saturated heterocycles. The summed E-state index contributed by atoms with van der Waals surface area (Å²) in [7, 11) is 1.61. The predicted octanol–water partition coefficient (Wildman–Crippen LogP) is 5.16. The van der Waals surface area contributed by atoms with E-state index in [0.717, 1.165) is 36.3 Å². The second-order valence-corrected chi connectivity index (χ2v) is 9.23. The maximum atomic E-state index is 13.0. The molecule has 0 aliphatic rings. The van der Waals surface area contributed by atoms with Gasteiger partial charge in [-0.2, -0.15) is 11.3 Å². The third-order valence-electron chi connectivity index (χ3n) is 5.05. The Morgan fingerprint density at radius 2 is 1.85 bits per heavy atom. The molecule has 3 aromatic rings. The van der Waals surface area contributed by atoms with Gasteiger partial charge in [-0.25, -0.2) is 4.98 Å². The van der Waals surface area contributed by atoms with Crippen LogP contribution in [0.4, 0.5) is 5.13 Å². The number of benzene rings is 1. The zero-order valence-electron chi connectivity index (χ0n) is 18.6. The molecule has 3 rings (SSSR count). The number of aromatic nitrogens is 1. The molecule has 0 saturated carbocycles. The van der Waals surface area contributed by atoms with Crippen LogP contribution in [0.3, 0.4) is 0 Å². The van der Waals surface area contributed by atoms with Crippen LogP contribution in [0.5, 0.6) is 5.75 Å². The molecule has 2 N–H and O–H groups in total. The Bertz CT molecular complexity index is 1060. The number of hydrogen-bond donors (Lipinski definition) is 2. The highest BCUT2D eigenvalue weighted by Crippen LogP contribution is 2.26. The molecule has 2 aromatic heterocycles. The van der Waals surface area contributed by atoms with Gasteiger partial charge in [-0.3, -0.25) is 9.59 Å². The molecule has 0 bridgehead atoms. The van der Waals surface area contributed by atoms with Crippen molar-refractivity contribution in [2.75, 3.05) is 12.4 Å². The number of carbonyl (C=O) groups is 3. The van der Waals surface area contributed by atoms with Gasteiger partial charge in [0.2, 0.25) is 5.91 Å². The Balaban J connectivity index is 1.63. The summed E-state index contributed by atoms with van der Waals surface area (Å²) in [6.45, 7) is 1.57. The molecule has 7 nitrogen and oxygen atoms in total. The second-order valence-electron chi connectivity index (χ2n) is 7.60. The molecule has 0 aliphatic heterocycles. The van der Waals surface area contributed by atoms with Gasteiger partial charge < -0.3 is 20.2 Å². The molecule has 2 heterocycles. The van der Waals surface area contributed by atoms with Gasteiger partial charge in [0.15, 0.2) is 5.13 Å². The average molecular weight is 486 g/mol. The first-order valence-corrected chi connectivity index (χ1v) is 12.5. The number of nitrogens with zero attached hydrogens (tertiary/aromatic N) is 1. The molecule has 1 aromatic carbocycles. The van der Waals surface area contributed by atoms with Crippen molar-refractivity contribution in [3.05, 3.63) is 52.0 Å². The summed E-state index contributed by atoms with van der Waals surface area (Å²) in [5, 5.41) is 11.6. The summed E-state index contributed by atoms with van der Waals surface area (Å²) in [6, 6.07) is 8.56. The highest BCUT2D eigenvalue weighted by Gasteiger charge is 2.22. The molecule has 0 unspecified atom stereocenters. The number of thiophene rings is 1. The van der Waals surface area contributed by atoms with Crippen molar-refractivity contribution in [3.8, 4) is 17.0 Å². The summed E-state index contributed by atoms with van der Waals surface area (Å²) in [6.07, 6.45) is 3.34. The third kappa shape index (κ3) is 7.50. The second kappa shape index (κ2) is 12.3. The van der Waals surface area contributed by atoms with Crippen LogP contribution in [0.1, 0.15) is 49.4 Å². The van der Waals surface area contributed by atoms with Gasteiger partial charge in [0, 0.05) is 22.7 Å². The van der Waals surface area contributed by atoms with Crippen LogP contribution >= 0.6 is 22.7 Å². The fourth-order valence-corrected chi connectivity index (χ4v) is 4.58. The van der Waals surface area contributed by atoms with Gasteiger partial charge in [-0.15, -0.1) is 11.3 Å². The topological polar surface area (TPSA) is 97.4 Å². The first-order valence-electron chi connectivity index (χ1n) is 10.7. The van der Waals surface area contributed by atoms with E-state index < -0.39 is 6.04 Å². The lowest BCUT2D eigenvalue weighted by molar-refractivity contribution is -0.118. The number of hydrogen-bond acceptors (Lipinski definition) is 7. The van der Waals surface area contributed by atoms with Crippen LogP contribution in [0, 0.1) is 0 Å². The number of rotatable bonds is 12. The van der Waals surface area contributed by atoms with E-state index >= 15 is 0 Å². The lowest BCUT2D eigenvalue weighted by Gasteiger charge is -2.17. The normalized spacial score (nSPS) is 11.6. The number of methoxy groups -OCH3 is 1. The zero-order chi connectivity index (χ0) is 23.6. The predicted molar refractivity (Wildman–Crippen MR) is 132 cm³/mol. The van der Waals surface area contributed by atoms with Crippen LogP contribution in [-0.2, 0) is 9.59 Å². The number of anilines is 1. The van der Waals surface area contributed by atoms with E-state index in [1.54, 1.807) is 25.5 Å². The molecule has 174 valence electrons. The van der Waals surface area contributed by atoms with Gasteiger partial charge in [0.25, 0.3) is 5.91 Å². The van der Waals surface area contributed by atoms with E-state index in [-0.39, 0.29) is 17.6 Å². The van der Waals surface area contributed by atoms with Crippen LogP contribution in [0.15, 0.2) is 46.5 Å². The number of nitrogens with one attached hydrogen (secondary N) is 2. The number of ether oxygens (including phenoxy) is 1. The molecule has 1 atom stereocenters. The minimum atomic E-state index is -0.692. The number of amides is 2. The minimum absolute atomic E-state index is 0.159. The van der Waals surface area contributed by atoms with Crippen LogP contribution in [-0.4, -0.2) is 35.7 Å². The highest BCUT2D eigenvalue weighted by molar-refractivity contribution is 7.14. The van der Waals surface area contributed by atoms with E-state index in [1.807, 2.05) is 35.0 Å².